The van der Waals surface area contributed by atoms with E-state index < -0.39 is 18.0 Å². The number of hydrogen-bond acceptors (Lipinski definition) is 4. The van der Waals surface area contributed by atoms with Gasteiger partial charge in [0.2, 0.25) is 0 Å². The highest BCUT2D eigenvalue weighted by Crippen LogP contribution is 2.23. The van der Waals surface area contributed by atoms with Gasteiger partial charge in [0, 0.05) is 10.7 Å². The van der Waals surface area contributed by atoms with Gasteiger partial charge in [0.15, 0.2) is 12.7 Å². The lowest BCUT2D eigenvalue weighted by Crippen LogP contribution is -2.29. The van der Waals surface area contributed by atoms with Crippen LogP contribution >= 0.6 is 11.6 Å². The predicted octanol–water partition coefficient (Wildman–Crippen LogP) is 4.41. The van der Waals surface area contributed by atoms with Crippen LogP contribution in [0.1, 0.15) is 32.3 Å². The van der Waals surface area contributed by atoms with Crippen LogP contribution in [0.25, 0.3) is 0 Å². The van der Waals surface area contributed by atoms with Crippen molar-refractivity contribution in [1.82, 2.24) is 0 Å². The molecule has 0 fully saturated rings. The van der Waals surface area contributed by atoms with Crippen molar-refractivity contribution in [1.29, 1.82) is 0 Å². The van der Waals surface area contributed by atoms with E-state index in [0.29, 0.717) is 16.5 Å². The van der Waals surface area contributed by atoms with E-state index in [9.17, 15) is 9.59 Å². The second-order valence-electron chi connectivity index (χ2n) is 6.11. The summed E-state index contributed by atoms with van der Waals surface area (Å²) in [5.74, 6) is -0.256. The first-order valence-electron chi connectivity index (χ1n) is 8.34. The molecule has 5 nitrogen and oxygen atoms in total. The van der Waals surface area contributed by atoms with E-state index in [0.717, 1.165) is 5.56 Å². The maximum Gasteiger partial charge on any atom is 0.347 e. The molecule has 6 heteroatoms. The molecule has 0 aromatic heterocycles. The second kappa shape index (κ2) is 9.25. The highest BCUT2D eigenvalue weighted by molar-refractivity contribution is 6.30. The second-order valence-corrected chi connectivity index (χ2v) is 6.55. The summed E-state index contributed by atoms with van der Waals surface area (Å²) in [6.45, 7) is 5.27. The maximum atomic E-state index is 12.1. The topological polar surface area (TPSA) is 64.6 Å². The monoisotopic (exact) mass is 375 g/mol. The minimum Gasteiger partial charge on any atom is -0.479 e. The first-order chi connectivity index (χ1) is 12.4. The quantitative estimate of drug-likeness (QED) is 0.728. The number of para-hydroxylation sites is 1. The highest BCUT2D eigenvalue weighted by atomic mass is 35.5. The van der Waals surface area contributed by atoms with E-state index >= 15 is 0 Å². The Bertz CT molecular complexity index is 759. The Balaban J connectivity index is 1.84. The molecular weight excluding hydrogens is 354 g/mol. The summed E-state index contributed by atoms with van der Waals surface area (Å²) in [4.78, 5) is 24.1. The molecule has 0 bridgehead atoms. The van der Waals surface area contributed by atoms with Crippen LogP contribution in [0.4, 0.5) is 5.69 Å². The van der Waals surface area contributed by atoms with Crippen LogP contribution in [0, 0.1) is 0 Å². The van der Waals surface area contributed by atoms with Crippen LogP contribution in [0.5, 0.6) is 5.75 Å². The Hall–Kier alpha value is -2.53. The zero-order valence-corrected chi connectivity index (χ0v) is 15.7. The zero-order valence-electron chi connectivity index (χ0n) is 15.0. The molecule has 0 aliphatic heterocycles. The molecule has 2 aromatic carbocycles. The van der Waals surface area contributed by atoms with Gasteiger partial charge >= 0.3 is 5.97 Å². The number of ether oxygens (including phenoxy) is 2. The molecule has 26 heavy (non-hydrogen) atoms. The molecule has 2 aromatic rings. The van der Waals surface area contributed by atoms with Gasteiger partial charge in [0.1, 0.15) is 5.75 Å². The number of amides is 1. The molecule has 2 rings (SSSR count). The minimum absolute atomic E-state index is 0.266. The molecule has 0 saturated heterocycles. The average Bonchev–Trinajstić information content (AvgIpc) is 2.61. The van der Waals surface area contributed by atoms with Crippen molar-refractivity contribution in [3.8, 4) is 5.75 Å². The van der Waals surface area contributed by atoms with E-state index in [1.54, 1.807) is 31.2 Å². The number of carbonyl (C=O) groups is 2. The summed E-state index contributed by atoms with van der Waals surface area (Å²) in [6.07, 6.45) is -0.841. The standard InChI is InChI=1S/C20H22ClNO4/c1-13(2)17-6-4-5-7-18(17)22-19(23)12-25-20(24)14(3)26-16-10-8-15(21)9-11-16/h4-11,13-14H,12H2,1-3H3,(H,22,23)/t14-/m1/s1. The van der Waals surface area contributed by atoms with E-state index in [1.807, 2.05) is 38.1 Å². The van der Waals surface area contributed by atoms with E-state index in [1.165, 1.54) is 0 Å². The fraction of sp³-hybridized carbons (Fsp3) is 0.300. The van der Waals surface area contributed by atoms with Crippen LogP contribution in [-0.2, 0) is 14.3 Å². The van der Waals surface area contributed by atoms with Crippen LogP contribution in [0.3, 0.4) is 0 Å². The number of halogens is 1. The predicted molar refractivity (Wildman–Crippen MR) is 102 cm³/mol. The molecule has 0 aliphatic rings. The highest BCUT2D eigenvalue weighted by Gasteiger charge is 2.18. The molecule has 138 valence electrons. The lowest BCUT2D eigenvalue weighted by Gasteiger charge is -2.15. The molecule has 1 N–H and O–H groups in total. The molecule has 0 saturated carbocycles. The number of esters is 1. The molecule has 0 radical (unpaired) electrons. The van der Waals surface area contributed by atoms with Gasteiger partial charge in [-0.2, -0.15) is 0 Å². The SMILES string of the molecule is CC(C)c1ccccc1NC(=O)COC(=O)[C@@H](C)Oc1ccc(Cl)cc1. The number of benzene rings is 2. The van der Waals surface area contributed by atoms with Crippen molar-refractivity contribution >= 4 is 29.2 Å². The van der Waals surface area contributed by atoms with Crippen molar-refractivity contribution in [2.75, 3.05) is 11.9 Å². The minimum atomic E-state index is -0.841. The third-order valence-corrected chi connectivity index (χ3v) is 3.91. The van der Waals surface area contributed by atoms with Gasteiger partial charge in [-0.3, -0.25) is 4.79 Å². The Morgan fingerprint density at radius 3 is 2.35 bits per heavy atom. The molecular formula is C20H22ClNO4. The zero-order chi connectivity index (χ0) is 19.1. The molecule has 0 unspecified atom stereocenters. The van der Waals surface area contributed by atoms with Gasteiger partial charge in [0.25, 0.3) is 5.91 Å². The number of anilines is 1. The number of hydrogen-bond donors (Lipinski definition) is 1. The summed E-state index contributed by atoms with van der Waals surface area (Å²) >= 11 is 5.80. The van der Waals surface area contributed by atoms with E-state index in [-0.39, 0.29) is 12.5 Å². The number of nitrogens with one attached hydrogen (secondary N) is 1. The van der Waals surface area contributed by atoms with Gasteiger partial charge < -0.3 is 14.8 Å². The molecule has 0 spiro atoms. The van der Waals surface area contributed by atoms with Gasteiger partial charge in [-0.25, -0.2) is 4.79 Å². The Morgan fingerprint density at radius 1 is 1.04 bits per heavy atom. The first-order valence-corrected chi connectivity index (χ1v) is 8.72. The average molecular weight is 376 g/mol. The third kappa shape index (κ3) is 5.77. The van der Waals surface area contributed by atoms with Crippen molar-refractivity contribution in [2.45, 2.75) is 32.8 Å². The summed E-state index contributed by atoms with van der Waals surface area (Å²) in [5, 5.41) is 3.35. The van der Waals surface area contributed by atoms with Gasteiger partial charge in [0.05, 0.1) is 0 Å². The van der Waals surface area contributed by atoms with E-state index in [4.69, 9.17) is 21.1 Å². The molecule has 1 amide bonds. The summed E-state index contributed by atoms with van der Waals surface area (Å²) in [7, 11) is 0. The maximum absolute atomic E-state index is 12.1. The lowest BCUT2D eigenvalue weighted by molar-refractivity contribution is -0.153. The van der Waals surface area contributed by atoms with Crippen molar-refractivity contribution < 1.29 is 19.1 Å². The largest absolute Gasteiger partial charge is 0.479 e. The lowest BCUT2D eigenvalue weighted by atomic mass is 10.0. The van der Waals surface area contributed by atoms with Gasteiger partial charge in [-0.1, -0.05) is 43.6 Å². The molecule has 0 heterocycles. The van der Waals surface area contributed by atoms with Gasteiger partial charge in [-0.15, -0.1) is 0 Å². The van der Waals surface area contributed by atoms with E-state index in [2.05, 4.69) is 5.32 Å². The third-order valence-electron chi connectivity index (χ3n) is 3.66. The summed E-state index contributed by atoms with van der Waals surface area (Å²) in [6, 6.07) is 14.2. The van der Waals surface area contributed by atoms with Crippen LogP contribution < -0.4 is 10.1 Å². The number of rotatable bonds is 7. The van der Waals surface area contributed by atoms with Crippen molar-refractivity contribution in [3.05, 3.63) is 59.1 Å². The fourth-order valence-corrected chi connectivity index (χ4v) is 2.45. The van der Waals surface area contributed by atoms with Crippen molar-refractivity contribution in [2.24, 2.45) is 0 Å². The fourth-order valence-electron chi connectivity index (χ4n) is 2.32. The Morgan fingerprint density at radius 2 is 1.69 bits per heavy atom. The Labute approximate surface area is 158 Å². The summed E-state index contributed by atoms with van der Waals surface area (Å²) < 4.78 is 10.5. The van der Waals surface area contributed by atoms with Crippen LogP contribution in [-0.4, -0.2) is 24.6 Å². The molecule has 0 aliphatic carbocycles. The first kappa shape index (κ1) is 19.8. The normalized spacial score (nSPS) is 11.7. The Kier molecular flexibility index (Phi) is 7.04. The summed E-state index contributed by atoms with van der Waals surface area (Å²) in [5.41, 5.74) is 1.74. The van der Waals surface area contributed by atoms with Crippen LogP contribution in [0.2, 0.25) is 5.02 Å². The number of carbonyl (C=O) groups excluding carboxylic acids is 2. The smallest absolute Gasteiger partial charge is 0.347 e. The molecule has 1 atom stereocenters. The van der Waals surface area contributed by atoms with Gasteiger partial charge in [-0.05, 0) is 48.7 Å². The van der Waals surface area contributed by atoms with Crippen LogP contribution in [0.15, 0.2) is 48.5 Å². The van der Waals surface area contributed by atoms with Crippen molar-refractivity contribution in [3.63, 3.8) is 0 Å².